The number of carbonyl (C=O) groups excluding carboxylic acids is 1. The van der Waals surface area contributed by atoms with Gasteiger partial charge in [-0.25, -0.2) is 4.79 Å². The summed E-state index contributed by atoms with van der Waals surface area (Å²) < 4.78 is 0. The van der Waals surface area contributed by atoms with Gasteiger partial charge in [-0.05, 0) is 42.5 Å². The van der Waals surface area contributed by atoms with Crippen LogP contribution in [0.4, 0.5) is 0 Å². The summed E-state index contributed by atoms with van der Waals surface area (Å²) in [6.45, 7) is 9.24. The van der Waals surface area contributed by atoms with Crippen LogP contribution < -0.4 is 5.32 Å². The maximum absolute atomic E-state index is 12.1. The molecule has 0 aliphatic heterocycles. The van der Waals surface area contributed by atoms with Crippen LogP contribution in [-0.2, 0) is 4.79 Å². The van der Waals surface area contributed by atoms with Crippen molar-refractivity contribution in [3.8, 4) is 0 Å². The molecule has 1 aromatic rings. The summed E-state index contributed by atoms with van der Waals surface area (Å²) in [6, 6.07) is 4.42. The van der Waals surface area contributed by atoms with Crippen LogP contribution in [0.1, 0.15) is 42.3 Å². The van der Waals surface area contributed by atoms with Gasteiger partial charge in [-0.1, -0.05) is 26.8 Å². The molecule has 1 aromatic carbocycles. The number of carboxylic acid groups (broad SMARTS) is 1. The highest BCUT2D eigenvalue weighted by atomic mass is 16.4. The van der Waals surface area contributed by atoms with Crippen LogP contribution in [0, 0.1) is 19.3 Å². The summed E-state index contributed by atoms with van der Waals surface area (Å²) in [5, 5.41) is 11.8. The number of hydrogen-bond donors (Lipinski definition) is 2. The number of rotatable bonds is 3. The summed E-state index contributed by atoms with van der Waals surface area (Å²) in [4.78, 5) is 23.3. The van der Waals surface area contributed by atoms with E-state index in [0.29, 0.717) is 5.56 Å². The van der Waals surface area contributed by atoms with Crippen molar-refractivity contribution >= 4 is 11.9 Å². The smallest absolute Gasteiger partial charge is 0.326 e. The Hall–Kier alpha value is -1.84. The second-order valence-corrected chi connectivity index (χ2v) is 5.91. The molecule has 104 valence electrons. The minimum Gasteiger partial charge on any atom is -0.480 e. The molecule has 0 saturated carbocycles. The first kappa shape index (κ1) is 15.2. The molecule has 0 aliphatic rings. The molecule has 1 atom stereocenters. The molecule has 19 heavy (non-hydrogen) atoms. The second kappa shape index (κ2) is 5.43. The van der Waals surface area contributed by atoms with Gasteiger partial charge in [0.15, 0.2) is 0 Å². The van der Waals surface area contributed by atoms with Gasteiger partial charge in [0.25, 0.3) is 5.91 Å². The number of amides is 1. The first-order valence-electron chi connectivity index (χ1n) is 6.24. The summed E-state index contributed by atoms with van der Waals surface area (Å²) in [7, 11) is 0. The molecule has 2 N–H and O–H groups in total. The predicted octanol–water partition coefficient (Wildman–Crippen LogP) is 2.53. The zero-order valence-corrected chi connectivity index (χ0v) is 12.1. The molecule has 1 amide bonds. The molecule has 4 heteroatoms. The highest BCUT2D eigenvalue weighted by Gasteiger charge is 2.32. The fourth-order valence-electron chi connectivity index (χ4n) is 1.75. The summed E-state index contributed by atoms with van der Waals surface area (Å²) in [6.07, 6.45) is 0. The maximum Gasteiger partial charge on any atom is 0.326 e. The van der Waals surface area contributed by atoms with Crippen molar-refractivity contribution in [1.29, 1.82) is 0 Å². The molecular formula is C15H21NO3. The van der Waals surface area contributed by atoms with E-state index in [1.54, 1.807) is 32.9 Å². The van der Waals surface area contributed by atoms with E-state index in [1.807, 2.05) is 19.9 Å². The fraction of sp³-hybridized carbons (Fsp3) is 0.467. The van der Waals surface area contributed by atoms with Crippen molar-refractivity contribution in [3.05, 3.63) is 34.9 Å². The Kier molecular flexibility index (Phi) is 4.35. The third-order valence-corrected chi connectivity index (χ3v) is 3.16. The van der Waals surface area contributed by atoms with E-state index in [4.69, 9.17) is 0 Å². The van der Waals surface area contributed by atoms with E-state index in [0.717, 1.165) is 11.1 Å². The highest BCUT2D eigenvalue weighted by Crippen LogP contribution is 2.20. The van der Waals surface area contributed by atoms with Crippen molar-refractivity contribution in [2.24, 2.45) is 5.41 Å². The summed E-state index contributed by atoms with van der Waals surface area (Å²) in [5.74, 6) is -1.38. The van der Waals surface area contributed by atoms with Crippen molar-refractivity contribution in [1.82, 2.24) is 5.32 Å². The highest BCUT2D eigenvalue weighted by molar-refractivity contribution is 5.97. The summed E-state index contributed by atoms with van der Waals surface area (Å²) in [5.41, 5.74) is 2.05. The molecule has 0 bridgehead atoms. The van der Waals surface area contributed by atoms with Crippen molar-refractivity contribution in [2.45, 2.75) is 40.7 Å². The molecule has 0 radical (unpaired) electrons. The van der Waals surface area contributed by atoms with Crippen LogP contribution >= 0.6 is 0 Å². The average Bonchev–Trinajstić information content (AvgIpc) is 2.27. The molecule has 0 heterocycles. The molecule has 1 rings (SSSR count). The molecule has 0 aromatic heterocycles. The third kappa shape index (κ3) is 3.81. The van der Waals surface area contributed by atoms with Gasteiger partial charge in [-0.2, -0.15) is 0 Å². The average molecular weight is 263 g/mol. The Morgan fingerprint density at radius 2 is 1.74 bits per heavy atom. The molecule has 0 fully saturated rings. The molecular weight excluding hydrogens is 242 g/mol. The van der Waals surface area contributed by atoms with Crippen LogP contribution in [-0.4, -0.2) is 23.0 Å². The van der Waals surface area contributed by atoms with Gasteiger partial charge >= 0.3 is 5.97 Å². The van der Waals surface area contributed by atoms with Gasteiger partial charge in [0.05, 0.1) is 0 Å². The number of nitrogens with one attached hydrogen (secondary N) is 1. The quantitative estimate of drug-likeness (QED) is 0.880. The third-order valence-electron chi connectivity index (χ3n) is 3.16. The largest absolute Gasteiger partial charge is 0.480 e. The first-order chi connectivity index (χ1) is 8.62. The molecule has 4 nitrogen and oxygen atoms in total. The zero-order chi connectivity index (χ0) is 14.8. The van der Waals surface area contributed by atoms with Crippen LogP contribution in [0.5, 0.6) is 0 Å². The molecule has 0 spiro atoms. The summed E-state index contributed by atoms with van der Waals surface area (Å²) >= 11 is 0. The number of carbonyl (C=O) groups is 2. The van der Waals surface area contributed by atoms with Gasteiger partial charge in [0, 0.05) is 5.56 Å². The lowest BCUT2D eigenvalue weighted by molar-refractivity contribution is -0.142. The van der Waals surface area contributed by atoms with Gasteiger partial charge < -0.3 is 10.4 Å². The minimum atomic E-state index is -1.02. The molecule has 0 unspecified atom stereocenters. The molecule has 0 aliphatic carbocycles. The number of aliphatic carboxylic acids is 1. The maximum atomic E-state index is 12.1. The van der Waals surface area contributed by atoms with Crippen molar-refractivity contribution in [2.75, 3.05) is 0 Å². The van der Waals surface area contributed by atoms with E-state index in [-0.39, 0.29) is 5.91 Å². The van der Waals surface area contributed by atoms with Gasteiger partial charge in [0.2, 0.25) is 0 Å². The minimum absolute atomic E-state index is 0.356. The Morgan fingerprint density at radius 1 is 1.16 bits per heavy atom. The topological polar surface area (TPSA) is 66.4 Å². The van der Waals surface area contributed by atoms with E-state index < -0.39 is 17.4 Å². The van der Waals surface area contributed by atoms with Crippen LogP contribution in [0.2, 0.25) is 0 Å². The van der Waals surface area contributed by atoms with E-state index in [2.05, 4.69) is 5.32 Å². The lowest BCUT2D eigenvalue weighted by Gasteiger charge is -2.27. The lowest BCUT2D eigenvalue weighted by atomic mass is 9.86. The normalized spacial score (nSPS) is 12.9. The van der Waals surface area contributed by atoms with Crippen LogP contribution in [0.15, 0.2) is 18.2 Å². The Bertz CT molecular complexity index is 501. The van der Waals surface area contributed by atoms with Crippen molar-refractivity contribution < 1.29 is 14.7 Å². The van der Waals surface area contributed by atoms with E-state index in [1.165, 1.54) is 0 Å². The van der Waals surface area contributed by atoms with Crippen LogP contribution in [0.25, 0.3) is 0 Å². The van der Waals surface area contributed by atoms with Crippen LogP contribution in [0.3, 0.4) is 0 Å². The zero-order valence-electron chi connectivity index (χ0n) is 12.1. The molecule has 0 saturated heterocycles. The lowest BCUT2D eigenvalue weighted by Crippen LogP contribution is -2.49. The predicted molar refractivity (Wildman–Crippen MR) is 74.3 cm³/mol. The number of benzene rings is 1. The van der Waals surface area contributed by atoms with Gasteiger partial charge in [0.1, 0.15) is 6.04 Å². The number of hydrogen-bond acceptors (Lipinski definition) is 2. The number of aryl methyl sites for hydroxylation is 2. The number of carboxylic acids is 1. The van der Waals surface area contributed by atoms with Gasteiger partial charge in [-0.3, -0.25) is 4.79 Å². The van der Waals surface area contributed by atoms with E-state index in [9.17, 15) is 14.7 Å². The Labute approximate surface area is 113 Å². The monoisotopic (exact) mass is 263 g/mol. The standard InChI is InChI=1S/C15H21NO3/c1-9-6-7-11(8-10(9)2)13(17)16-12(14(18)19)15(3,4)5/h6-8,12H,1-5H3,(H,16,17)(H,18,19)/t12-/m1/s1. The Balaban J connectivity index is 2.94. The SMILES string of the molecule is Cc1ccc(C(=O)N[C@H](C(=O)O)C(C)(C)C)cc1C. The first-order valence-corrected chi connectivity index (χ1v) is 6.24. The second-order valence-electron chi connectivity index (χ2n) is 5.91. The Morgan fingerprint density at radius 3 is 2.16 bits per heavy atom. The van der Waals surface area contributed by atoms with Crippen molar-refractivity contribution in [3.63, 3.8) is 0 Å². The fourth-order valence-corrected chi connectivity index (χ4v) is 1.75. The van der Waals surface area contributed by atoms with E-state index >= 15 is 0 Å². The van der Waals surface area contributed by atoms with Gasteiger partial charge in [-0.15, -0.1) is 0 Å².